The van der Waals surface area contributed by atoms with Crippen LogP contribution in [0.1, 0.15) is 36.0 Å². The highest BCUT2D eigenvalue weighted by molar-refractivity contribution is 5.87. The quantitative estimate of drug-likeness (QED) is 0.729. The predicted molar refractivity (Wildman–Crippen MR) is 105 cm³/mol. The second-order valence-corrected chi connectivity index (χ2v) is 7.80. The molecule has 2 fully saturated rings. The molecule has 142 valence electrons. The Labute approximate surface area is 161 Å². The number of aryl methyl sites for hydroxylation is 1. The van der Waals surface area contributed by atoms with Gasteiger partial charge in [-0.3, -0.25) is 9.69 Å². The van der Waals surface area contributed by atoms with Crippen molar-refractivity contribution < 1.29 is 14.3 Å². The molecule has 0 aromatic heterocycles. The smallest absolute Gasteiger partial charge is 0.316 e. The van der Waals surface area contributed by atoms with Gasteiger partial charge in [0.1, 0.15) is 11.9 Å². The summed E-state index contributed by atoms with van der Waals surface area (Å²) in [6.45, 7) is 4.71. The van der Waals surface area contributed by atoms with Gasteiger partial charge in [-0.05, 0) is 48.9 Å². The zero-order valence-corrected chi connectivity index (χ0v) is 16.1. The Kier molecular flexibility index (Phi) is 4.92. The second kappa shape index (κ2) is 7.35. The Bertz CT molecular complexity index is 814. The summed E-state index contributed by atoms with van der Waals surface area (Å²) in [4.78, 5) is 15.3. The van der Waals surface area contributed by atoms with Gasteiger partial charge in [0.15, 0.2) is 0 Å². The summed E-state index contributed by atoms with van der Waals surface area (Å²) in [7, 11) is 1.67. The number of rotatable bonds is 6. The SMILES string of the molecule is COc1cc(C2(C(=O)O[C@@H]3CCN(Cc4ccccc4)C3)CC2)ccc1C. The van der Waals surface area contributed by atoms with Crippen molar-refractivity contribution in [2.24, 2.45) is 0 Å². The second-order valence-electron chi connectivity index (χ2n) is 7.80. The lowest BCUT2D eigenvalue weighted by Crippen LogP contribution is -2.30. The molecule has 2 aliphatic rings. The van der Waals surface area contributed by atoms with Gasteiger partial charge in [0.05, 0.1) is 12.5 Å². The fourth-order valence-corrected chi connectivity index (χ4v) is 4.00. The third-order valence-electron chi connectivity index (χ3n) is 5.85. The molecule has 1 heterocycles. The summed E-state index contributed by atoms with van der Waals surface area (Å²) in [6.07, 6.45) is 2.62. The fraction of sp³-hybridized carbons (Fsp3) is 0.435. The van der Waals surface area contributed by atoms with Crippen molar-refractivity contribution in [1.29, 1.82) is 0 Å². The Morgan fingerprint density at radius 2 is 1.96 bits per heavy atom. The Morgan fingerprint density at radius 3 is 2.67 bits per heavy atom. The van der Waals surface area contributed by atoms with Crippen molar-refractivity contribution in [2.75, 3.05) is 20.2 Å². The minimum Gasteiger partial charge on any atom is -0.496 e. The molecule has 0 amide bonds. The number of benzene rings is 2. The molecule has 2 aromatic rings. The van der Waals surface area contributed by atoms with Crippen LogP contribution in [0.4, 0.5) is 0 Å². The van der Waals surface area contributed by atoms with E-state index in [0.717, 1.165) is 55.8 Å². The summed E-state index contributed by atoms with van der Waals surface area (Å²) in [5, 5.41) is 0. The van der Waals surface area contributed by atoms with Crippen molar-refractivity contribution in [2.45, 2.75) is 44.2 Å². The maximum Gasteiger partial charge on any atom is 0.316 e. The van der Waals surface area contributed by atoms with E-state index in [1.54, 1.807) is 7.11 Å². The van der Waals surface area contributed by atoms with E-state index in [4.69, 9.17) is 9.47 Å². The summed E-state index contributed by atoms with van der Waals surface area (Å²) >= 11 is 0. The van der Waals surface area contributed by atoms with Gasteiger partial charge in [-0.2, -0.15) is 0 Å². The maximum atomic E-state index is 13.0. The molecule has 0 N–H and O–H groups in total. The average molecular weight is 365 g/mol. The van der Waals surface area contributed by atoms with Gasteiger partial charge in [-0.15, -0.1) is 0 Å². The van der Waals surface area contributed by atoms with Crippen LogP contribution in [0.3, 0.4) is 0 Å². The van der Waals surface area contributed by atoms with E-state index in [0.29, 0.717) is 0 Å². The molecule has 27 heavy (non-hydrogen) atoms. The highest BCUT2D eigenvalue weighted by atomic mass is 16.5. The Hall–Kier alpha value is -2.33. The monoisotopic (exact) mass is 365 g/mol. The largest absolute Gasteiger partial charge is 0.496 e. The van der Waals surface area contributed by atoms with Crippen LogP contribution in [0.25, 0.3) is 0 Å². The zero-order chi connectivity index (χ0) is 18.9. The van der Waals surface area contributed by atoms with Gasteiger partial charge in [0.2, 0.25) is 0 Å². The molecule has 2 aromatic carbocycles. The van der Waals surface area contributed by atoms with Crippen LogP contribution in [-0.2, 0) is 21.5 Å². The predicted octanol–water partition coefficient (Wildman–Crippen LogP) is 3.85. The third kappa shape index (κ3) is 3.72. The third-order valence-corrected chi connectivity index (χ3v) is 5.85. The molecule has 1 saturated carbocycles. The lowest BCUT2D eigenvalue weighted by Gasteiger charge is -2.20. The van der Waals surface area contributed by atoms with Crippen LogP contribution in [0, 0.1) is 6.92 Å². The average Bonchev–Trinajstić information content (AvgIpc) is 3.39. The molecule has 1 aliphatic heterocycles. The zero-order valence-electron chi connectivity index (χ0n) is 16.1. The molecule has 4 nitrogen and oxygen atoms in total. The minimum atomic E-state index is -0.464. The van der Waals surface area contributed by atoms with Crippen LogP contribution in [-0.4, -0.2) is 37.2 Å². The molecular formula is C23H27NO3. The Morgan fingerprint density at radius 1 is 1.19 bits per heavy atom. The fourth-order valence-electron chi connectivity index (χ4n) is 4.00. The molecule has 1 aliphatic carbocycles. The van der Waals surface area contributed by atoms with E-state index in [9.17, 15) is 4.79 Å². The number of nitrogens with zero attached hydrogens (tertiary/aromatic N) is 1. The highest BCUT2D eigenvalue weighted by Gasteiger charge is 2.53. The van der Waals surface area contributed by atoms with E-state index in [1.807, 2.05) is 31.2 Å². The number of hydrogen-bond donors (Lipinski definition) is 0. The first-order valence-corrected chi connectivity index (χ1v) is 9.73. The molecule has 0 unspecified atom stereocenters. The number of esters is 1. The number of hydrogen-bond acceptors (Lipinski definition) is 4. The number of carbonyl (C=O) groups excluding carboxylic acids is 1. The first-order valence-electron chi connectivity index (χ1n) is 9.73. The number of likely N-dealkylation sites (tertiary alicyclic amines) is 1. The summed E-state index contributed by atoms with van der Waals surface area (Å²) < 4.78 is 11.4. The van der Waals surface area contributed by atoms with Crippen LogP contribution >= 0.6 is 0 Å². The topological polar surface area (TPSA) is 38.8 Å². The van der Waals surface area contributed by atoms with E-state index < -0.39 is 5.41 Å². The van der Waals surface area contributed by atoms with Crippen molar-refractivity contribution in [3.63, 3.8) is 0 Å². The van der Waals surface area contributed by atoms with Gasteiger partial charge in [0.25, 0.3) is 0 Å². The first-order chi connectivity index (χ1) is 13.1. The van der Waals surface area contributed by atoms with Crippen molar-refractivity contribution in [3.05, 3.63) is 65.2 Å². The summed E-state index contributed by atoms with van der Waals surface area (Å²) in [6, 6.07) is 16.5. The number of carbonyl (C=O) groups is 1. The van der Waals surface area contributed by atoms with E-state index in [2.05, 4.69) is 29.2 Å². The minimum absolute atomic E-state index is 0.00830. The highest BCUT2D eigenvalue weighted by Crippen LogP contribution is 2.50. The number of methoxy groups -OCH3 is 1. The van der Waals surface area contributed by atoms with Crippen LogP contribution < -0.4 is 4.74 Å². The van der Waals surface area contributed by atoms with E-state index in [1.165, 1.54) is 5.56 Å². The van der Waals surface area contributed by atoms with Gasteiger partial charge < -0.3 is 9.47 Å². The van der Waals surface area contributed by atoms with Gasteiger partial charge in [-0.1, -0.05) is 42.5 Å². The van der Waals surface area contributed by atoms with Crippen molar-refractivity contribution in [1.82, 2.24) is 4.90 Å². The van der Waals surface area contributed by atoms with Crippen molar-refractivity contribution >= 4 is 5.97 Å². The van der Waals surface area contributed by atoms with E-state index >= 15 is 0 Å². The van der Waals surface area contributed by atoms with Gasteiger partial charge >= 0.3 is 5.97 Å². The molecule has 4 rings (SSSR count). The first kappa shape index (κ1) is 18.1. The van der Waals surface area contributed by atoms with Crippen LogP contribution in [0.2, 0.25) is 0 Å². The molecule has 0 bridgehead atoms. The number of ether oxygens (including phenoxy) is 2. The van der Waals surface area contributed by atoms with Gasteiger partial charge in [-0.25, -0.2) is 0 Å². The molecule has 4 heteroatoms. The van der Waals surface area contributed by atoms with E-state index in [-0.39, 0.29) is 12.1 Å². The van der Waals surface area contributed by atoms with Crippen LogP contribution in [0.5, 0.6) is 5.75 Å². The van der Waals surface area contributed by atoms with Crippen LogP contribution in [0.15, 0.2) is 48.5 Å². The Balaban J connectivity index is 1.38. The molecule has 0 radical (unpaired) electrons. The normalized spacial score (nSPS) is 21.0. The summed E-state index contributed by atoms with van der Waals surface area (Å²) in [5.74, 6) is 0.765. The molecular weight excluding hydrogens is 338 g/mol. The molecule has 0 spiro atoms. The lowest BCUT2D eigenvalue weighted by molar-refractivity contribution is -0.151. The van der Waals surface area contributed by atoms with Gasteiger partial charge in [0, 0.05) is 19.6 Å². The summed E-state index contributed by atoms with van der Waals surface area (Å²) in [5.41, 5.74) is 2.94. The molecule has 1 saturated heterocycles. The van der Waals surface area contributed by atoms with Crippen molar-refractivity contribution in [3.8, 4) is 5.75 Å². The maximum absolute atomic E-state index is 13.0. The molecule has 1 atom stereocenters. The lowest BCUT2D eigenvalue weighted by atomic mass is 9.94. The standard InChI is InChI=1S/C23H27NO3/c1-17-8-9-19(14-21(17)26-2)23(11-12-23)22(25)27-20-10-13-24(16-20)15-18-6-4-3-5-7-18/h3-9,14,20H,10-13,15-16H2,1-2H3/t20-/m1/s1.